The summed E-state index contributed by atoms with van der Waals surface area (Å²) in [6.07, 6.45) is 8.71. The molecule has 1 aliphatic carbocycles. The van der Waals surface area contributed by atoms with Crippen LogP contribution in [0.1, 0.15) is 63.1 Å². The number of nitrogens with zero attached hydrogens (tertiary/aromatic N) is 4. The summed E-state index contributed by atoms with van der Waals surface area (Å²) in [6.45, 7) is 4.85. The van der Waals surface area contributed by atoms with Gasteiger partial charge >= 0.3 is 0 Å². The van der Waals surface area contributed by atoms with Crippen molar-refractivity contribution in [2.45, 2.75) is 77.0 Å². The number of hydrogen-bond acceptors (Lipinski definition) is 7. The third-order valence-corrected chi connectivity index (χ3v) is 8.61. The summed E-state index contributed by atoms with van der Waals surface area (Å²) in [5.74, 6) is 0.906. The van der Waals surface area contributed by atoms with Crippen LogP contribution in [0.4, 0.5) is 5.69 Å². The number of hydrogen-bond donors (Lipinski definition) is 3. The Labute approximate surface area is 178 Å². The zero-order chi connectivity index (χ0) is 20.9. The predicted molar refractivity (Wildman–Crippen MR) is 121 cm³/mol. The second-order valence-electron chi connectivity index (χ2n) is 8.97. The van der Waals surface area contributed by atoms with Crippen molar-refractivity contribution in [3.05, 3.63) is 17.5 Å². The van der Waals surface area contributed by atoms with Crippen LogP contribution in [0.3, 0.4) is 0 Å². The third kappa shape index (κ3) is 3.46. The number of aryl methyl sites for hydroxylation is 2. The van der Waals surface area contributed by atoms with Crippen LogP contribution in [0.2, 0.25) is 0 Å². The van der Waals surface area contributed by atoms with E-state index >= 15 is 0 Å². The Morgan fingerprint density at radius 2 is 2.00 bits per heavy atom. The van der Waals surface area contributed by atoms with E-state index in [9.17, 15) is 9.11 Å². The van der Waals surface area contributed by atoms with Crippen LogP contribution in [0, 0.1) is 6.92 Å². The Kier molecular flexibility index (Phi) is 4.95. The Hall–Kier alpha value is -1.84. The van der Waals surface area contributed by atoms with E-state index in [2.05, 4.69) is 17.4 Å². The van der Waals surface area contributed by atoms with Gasteiger partial charge < -0.3 is 10.2 Å². The second-order valence-corrected chi connectivity index (χ2v) is 11.4. The largest absolute Gasteiger partial charge is 0.389 e. The van der Waals surface area contributed by atoms with E-state index in [1.54, 1.807) is 0 Å². The fourth-order valence-electron chi connectivity index (χ4n) is 5.12. The molecule has 1 saturated carbocycles. The topological polar surface area (TPSA) is 105 Å². The molecular weight excluding hydrogens is 402 g/mol. The van der Waals surface area contributed by atoms with Crippen molar-refractivity contribution in [1.82, 2.24) is 14.8 Å². The number of pyridine rings is 1. The van der Waals surface area contributed by atoms with E-state index in [4.69, 9.17) is 14.9 Å². The van der Waals surface area contributed by atoms with Crippen LogP contribution in [0.15, 0.2) is 11.4 Å². The molecular formula is C21H31N5O3S. The molecule has 5 rings (SSSR count). The maximum absolute atomic E-state index is 10.0. The van der Waals surface area contributed by atoms with Gasteiger partial charge in [-0.25, -0.2) is 9.67 Å². The number of fused-ring (bicyclic) bond motifs is 1. The lowest BCUT2D eigenvalue weighted by molar-refractivity contribution is -0.0126. The van der Waals surface area contributed by atoms with Crippen LogP contribution in [-0.4, -0.2) is 52.7 Å². The zero-order valence-corrected chi connectivity index (χ0v) is 18.5. The molecule has 2 fully saturated rings. The summed E-state index contributed by atoms with van der Waals surface area (Å²) in [5, 5.41) is 14.0. The minimum atomic E-state index is -2.41. The molecule has 164 valence electrons. The summed E-state index contributed by atoms with van der Waals surface area (Å²) in [6, 6.07) is 0.182. The standard InChI is InChI=1S/C21H31N5O3S/c1-3-26-20-18(14(2)24-26)19(23-15-6-10-30(27,28)11-7-15)16(13-22-20)17-12-21(29-25-17)8-4-5-9-21/h13,15,27-28H,3-12H2,1-2H3,(H,22,23). The molecule has 8 nitrogen and oxygen atoms in total. The molecule has 0 aromatic carbocycles. The Morgan fingerprint density at radius 3 is 2.70 bits per heavy atom. The Bertz CT molecular complexity index is 986. The van der Waals surface area contributed by atoms with Crippen LogP contribution < -0.4 is 5.32 Å². The van der Waals surface area contributed by atoms with Gasteiger partial charge in [0.1, 0.15) is 5.60 Å². The first kappa shape index (κ1) is 20.1. The first-order valence-corrected chi connectivity index (χ1v) is 12.9. The van der Waals surface area contributed by atoms with Gasteiger partial charge in [-0.2, -0.15) is 15.7 Å². The lowest BCUT2D eigenvalue weighted by Crippen LogP contribution is -2.31. The van der Waals surface area contributed by atoms with E-state index in [-0.39, 0.29) is 11.6 Å². The summed E-state index contributed by atoms with van der Waals surface area (Å²) < 4.78 is 21.9. The molecule has 0 amide bonds. The molecule has 2 aromatic heterocycles. The van der Waals surface area contributed by atoms with E-state index in [0.29, 0.717) is 11.5 Å². The van der Waals surface area contributed by atoms with Gasteiger partial charge in [0.2, 0.25) is 0 Å². The quantitative estimate of drug-likeness (QED) is 0.655. The summed E-state index contributed by atoms with van der Waals surface area (Å²) in [4.78, 5) is 10.7. The molecule has 2 aromatic rings. The molecule has 1 saturated heterocycles. The van der Waals surface area contributed by atoms with Crippen molar-refractivity contribution in [3.8, 4) is 0 Å². The predicted octanol–water partition coefficient (Wildman–Crippen LogP) is 4.52. The van der Waals surface area contributed by atoms with Gasteiger partial charge in [0.05, 0.1) is 22.5 Å². The highest BCUT2D eigenvalue weighted by Crippen LogP contribution is 2.46. The maximum atomic E-state index is 10.0. The lowest BCUT2D eigenvalue weighted by Gasteiger charge is -2.39. The molecule has 0 bridgehead atoms. The zero-order valence-electron chi connectivity index (χ0n) is 17.7. The average molecular weight is 434 g/mol. The van der Waals surface area contributed by atoms with Crippen molar-refractivity contribution in [2.24, 2.45) is 5.16 Å². The summed E-state index contributed by atoms with van der Waals surface area (Å²) >= 11 is 0. The van der Waals surface area contributed by atoms with E-state index in [1.165, 1.54) is 12.8 Å². The SMILES string of the molecule is CCn1nc(C)c2c(NC3CCS(O)(O)CC3)c(C3=NOC4(CCCC4)C3)cnc21. The van der Waals surface area contributed by atoms with Crippen LogP contribution in [-0.2, 0) is 11.4 Å². The van der Waals surface area contributed by atoms with Gasteiger partial charge in [-0.05, 0) is 52.4 Å². The van der Waals surface area contributed by atoms with E-state index in [1.807, 2.05) is 17.8 Å². The molecule has 0 atom stereocenters. The first-order chi connectivity index (χ1) is 14.4. The normalized spacial score (nSPS) is 24.2. The molecule has 4 heterocycles. The van der Waals surface area contributed by atoms with Crippen molar-refractivity contribution < 1.29 is 13.9 Å². The maximum Gasteiger partial charge on any atom is 0.160 e. The average Bonchev–Trinajstić information content (AvgIpc) is 3.44. The molecule has 2 aliphatic heterocycles. The molecule has 0 unspecified atom stereocenters. The Balaban J connectivity index is 1.53. The van der Waals surface area contributed by atoms with Gasteiger partial charge in [0, 0.05) is 42.3 Å². The lowest BCUT2D eigenvalue weighted by atomic mass is 9.92. The van der Waals surface area contributed by atoms with Gasteiger partial charge in [-0.1, -0.05) is 5.16 Å². The van der Waals surface area contributed by atoms with Gasteiger partial charge in [0.25, 0.3) is 0 Å². The summed E-state index contributed by atoms with van der Waals surface area (Å²) in [5.41, 5.74) is 4.64. The minimum absolute atomic E-state index is 0.133. The Morgan fingerprint density at radius 1 is 1.27 bits per heavy atom. The van der Waals surface area contributed by atoms with Crippen LogP contribution in [0.5, 0.6) is 0 Å². The smallest absolute Gasteiger partial charge is 0.160 e. The highest BCUT2D eigenvalue weighted by molar-refractivity contribution is 8.24. The fourth-order valence-corrected chi connectivity index (χ4v) is 6.65. The molecule has 0 radical (unpaired) electrons. The molecule has 3 aliphatic rings. The van der Waals surface area contributed by atoms with Gasteiger partial charge in [-0.3, -0.25) is 9.11 Å². The molecule has 1 spiro atoms. The van der Waals surface area contributed by atoms with Gasteiger partial charge in [-0.15, -0.1) is 0 Å². The number of oxime groups is 1. The van der Waals surface area contributed by atoms with Crippen molar-refractivity contribution >= 4 is 33.0 Å². The molecule has 3 N–H and O–H groups in total. The van der Waals surface area contributed by atoms with Crippen molar-refractivity contribution in [2.75, 3.05) is 16.8 Å². The molecule has 9 heteroatoms. The number of nitrogens with one attached hydrogen (secondary N) is 1. The van der Waals surface area contributed by atoms with E-state index in [0.717, 1.165) is 72.3 Å². The first-order valence-electron chi connectivity index (χ1n) is 11.0. The number of anilines is 1. The molecule has 30 heavy (non-hydrogen) atoms. The van der Waals surface area contributed by atoms with Crippen LogP contribution >= 0.6 is 10.6 Å². The van der Waals surface area contributed by atoms with Crippen molar-refractivity contribution in [1.29, 1.82) is 0 Å². The highest BCUT2D eigenvalue weighted by Gasteiger charge is 2.42. The minimum Gasteiger partial charge on any atom is -0.389 e. The van der Waals surface area contributed by atoms with Crippen LogP contribution in [0.25, 0.3) is 11.0 Å². The monoisotopic (exact) mass is 433 g/mol. The van der Waals surface area contributed by atoms with Crippen molar-refractivity contribution in [3.63, 3.8) is 0 Å². The summed E-state index contributed by atoms with van der Waals surface area (Å²) in [7, 11) is -2.41. The van der Waals surface area contributed by atoms with Gasteiger partial charge in [0.15, 0.2) is 5.65 Å². The number of rotatable bonds is 4. The second kappa shape index (κ2) is 7.39. The third-order valence-electron chi connectivity index (χ3n) is 6.84. The number of aromatic nitrogens is 3. The van der Waals surface area contributed by atoms with E-state index < -0.39 is 10.6 Å². The fraction of sp³-hybridized carbons (Fsp3) is 0.667. The highest BCUT2D eigenvalue weighted by atomic mass is 32.3.